The van der Waals surface area contributed by atoms with E-state index in [2.05, 4.69) is 20.6 Å². The third-order valence-electron chi connectivity index (χ3n) is 5.69. The van der Waals surface area contributed by atoms with Gasteiger partial charge in [-0.05, 0) is 47.8 Å². The van der Waals surface area contributed by atoms with Crippen molar-refractivity contribution < 1.29 is 27.4 Å². The zero-order valence-corrected chi connectivity index (χ0v) is 21.6. The van der Waals surface area contributed by atoms with Crippen LogP contribution in [0.2, 0.25) is 0 Å². The highest BCUT2D eigenvalue weighted by Crippen LogP contribution is 2.37. The van der Waals surface area contributed by atoms with Crippen LogP contribution in [0, 0.1) is 0 Å². The standard InChI is InChI=1S/C27H22F3N5O3S/c1-31-25(36)21-14-18(9-10-32-21)38-17-6-7-22-20(13-17)34-26(35(22)2)33-16-5-8-23(37-15-27(28,29)30)19(12-16)24-4-3-11-39-24/h3-14H,15H2,1-2H3,(H,31,36)(H,33,34). The van der Waals surface area contributed by atoms with Crippen molar-refractivity contribution in [1.82, 2.24) is 19.9 Å². The molecule has 39 heavy (non-hydrogen) atoms. The van der Waals surface area contributed by atoms with Crippen LogP contribution >= 0.6 is 11.3 Å². The van der Waals surface area contributed by atoms with E-state index in [0.29, 0.717) is 34.2 Å². The Morgan fingerprint density at radius 3 is 2.64 bits per heavy atom. The van der Waals surface area contributed by atoms with Crippen molar-refractivity contribution >= 4 is 39.9 Å². The summed E-state index contributed by atoms with van der Waals surface area (Å²) in [6.07, 6.45) is -2.95. The van der Waals surface area contributed by atoms with E-state index in [1.54, 1.807) is 36.4 Å². The largest absolute Gasteiger partial charge is 0.483 e. The van der Waals surface area contributed by atoms with Crippen LogP contribution in [0.25, 0.3) is 21.5 Å². The predicted molar refractivity (Wildman–Crippen MR) is 143 cm³/mol. The SMILES string of the molecule is CNC(=O)c1cc(Oc2ccc3c(c2)nc(Nc2ccc(OCC(F)(F)F)c(-c4cccs4)c2)n3C)ccn1. The number of halogens is 3. The number of alkyl halides is 3. The second-order valence-electron chi connectivity index (χ2n) is 8.42. The minimum atomic E-state index is -4.44. The van der Waals surface area contributed by atoms with Gasteiger partial charge in [0.15, 0.2) is 6.61 Å². The van der Waals surface area contributed by atoms with E-state index in [1.165, 1.54) is 30.6 Å². The lowest BCUT2D eigenvalue weighted by atomic mass is 10.1. The maximum atomic E-state index is 12.8. The Hall–Kier alpha value is -4.58. The van der Waals surface area contributed by atoms with Crippen molar-refractivity contribution in [2.75, 3.05) is 19.0 Å². The first kappa shape index (κ1) is 26.0. The summed E-state index contributed by atoms with van der Waals surface area (Å²) in [6.45, 7) is -1.38. The molecule has 2 aromatic carbocycles. The van der Waals surface area contributed by atoms with E-state index in [9.17, 15) is 18.0 Å². The summed E-state index contributed by atoms with van der Waals surface area (Å²) < 4.78 is 51.2. The maximum absolute atomic E-state index is 12.8. The molecule has 12 heteroatoms. The molecule has 0 unspecified atom stereocenters. The number of carbonyl (C=O) groups excluding carboxylic acids is 1. The van der Waals surface area contributed by atoms with Gasteiger partial charge in [0.1, 0.15) is 22.9 Å². The van der Waals surface area contributed by atoms with Gasteiger partial charge >= 0.3 is 6.18 Å². The van der Waals surface area contributed by atoms with Crippen molar-refractivity contribution in [2.45, 2.75) is 6.18 Å². The summed E-state index contributed by atoms with van der Waals surface area (Å²) in [7, 11) is 3.37. The van der Waals surface area contributed by atoms with Crippen LogP contribution in [0.4, 0.5) is 24.8 Å². The third-order valence-corrected chi connectivity index (χ3v) is 6.60. The lowest BCUT2D eigenvalue weighted by Gasteiger charge is -2.14. The van der Waals surface area contributed by atoms with E-state index in [4.69, 9.17) is 9.47 Å². The Morgan fingerprint density at radius 2 is 1.90 bits per heavy atom. The molecule has 2 N–H and O–H groups in total. The summed E-state index contributed by atoms with van der Waals surface area (Å²) in [6, 6.07) is 17.1. The number of anilines is 2. The number of amides is 1. The molecule has 0 spiro atoms. The van der Waals surface area contributed by atoms with Crippen LogP contribution in [-0.4, -0.2) is 40.3 Å². The Labute approximate surface area is 225 Å². The van der Waals surface area contributed by atoms with Gasteiger partial charge in [0.25, 0.3) is 5.91 Å². The zero-order valence-electron chi connectivity index (χ0n) is 20.7. The number of benzene rings is 2. The summed E-state index contributed by atoms with van der Waals surface area (Å²) in [5.41, 5.74) is 2.89. The number of aryl methyl sites for hydroxylation is 1. The van der Waals surface area contributed by atoms with Crippen molar-refractivity contribution in [3.63, 3.8) is 0 Å². The van der Waals surface area contributed by atoms with Crippen molar-refractivity contribution in [3.05, 3.63) is 77.9 Å². The number of hydrogen-bond acceptors (Lipinski definition) is 7. The Kier molecular flexibility index (Phi) is 7.11. The number of ether oxygens (including phenoxy) is 2. The topological polar surface area (TPSA) is 90.3 Å². The average Bonchev–Trinajstić information content (AvgIpc) is 3.55. The average molecular weight is 554 g/mol. The molecule has 0 saturated heterocycles. The molecular formula is C27H22F3N5O3S. The molecule has 0 aliphatic rings. The van der Waals surface area contributed by atoms with Gasteiger partial charge in [-0.2, -0.15) is 13.2 Å². The quantitative estimate of drug-likeness (QED) is 0.227. The monoisotopic (exact) mass is 553 g/mol. The summed E-state index contributed by atoms with van der Waals surface area (Å²) >= 11 is 1.40. The molecule has 3 heterocycles. The highest BCUT2D eigenvalue weighted by Gasteiger charge is 2.29. The second kappa shape index (κ2) is 10.7. The van der Waals surface area contributed by atoms with Gasteiger partial charge in [-0.15, -0.1) is 11.3 Å². The van der Waals surface area contributed by atoms with Crippen molar-refractivity contribution in [1.29, 1.82) is 0 Å². The van der Waals surface area contributed by atoms with E-state index in [0.717, 1.165) is 10.4 Å². The number of hydrogen-bond donors (Lipinski definition) is 2. The van der Waals surface area contributed by atoms with Crippen LogP contribution in [0.3, 0.4) is 0 Å². The lowest BCUT2D eigenvalue weighted by molar-refractivity contribution is -0.153. The van der Waals surface area contributed by atoms with Gasteiger partial charge < -0.3 is 24.7 Å². The first-order valence-corrected chi connectivity index (χ1v) is 12.5. The molecular weight excluding hydrogens is 531 g/mol. The minimum Gasteiger partial charge on any atom is -0.483 e. The van der Waals surface area contributed by atoms with Crippen LogP contribution in [0.5, 0.6) is 17.2 Å². The smallest absolute Gasteiger partial charge is 0.422 e. The van der Waals surface area contributed by atoms with Crippen LogP contribution in [0.15, 0.2) is 72.2 Å². The molecule has 0 aliphatic carbocycles. The number of pyridine rings is 1. The van der Waals surface area contributed by atoms with E-state index < -0.39 is 12.8 Å². The molecule has 0 atom stereocenters. The molecule has 0 aliphatic heterocycles. The predicted octanol–water partition coefficient (Wildman–Crippen LogP) is 6.53. The van der Waals surface area contributed by atoms with E-state index in [-0.39, 0.29) is 17.4 Å². The minimum absolute atomic E-state index is 0.141. The van der Waals surface area contributed by atoms with Gasteiger partial charge in [0.05, 0.1) is 11.0 Å². The normalized spacial score (nSPS) is 11.4. The van der Waals surface area contributed by atoms with Gasteiger partial charge in [-0.3, -0.25) is 9.78 Å². The fraction of sp³-hybridized carbons (Fsp3) is 0.148. The maximum Gasteiger partial charge on any atom is 0.422 e. The summed E-state index contributed by atoms with van der Waals surface area (Å²) in [5, 5.41) is 7.61. The Balaban J connectivity index is 1.40. The first-order chi connectivity index (χ1) is 18.7. The highest BCUT2D eigenvalue weighted by atomic mass is 32.1. The molecule has 200 valence electrons. The second-order valence-corrected chi connectivity index (χ2v) is 9.37. The number of aromatic nitrogens is 3. The molecule has 1 amide bonds. The number of rotatable bonds is 8. The Bertz CT molecular complexity index is 1630. The number of nitrogens with one attached hydrogen (secondary N) is 2. The molecule has 0 fully saturated rings. The third kappa shape index (κ3) is 5.96. The van der Waals surface area contributed by atoms with E-state index >= 15 is 0 Å². The fourth-order valence-corrected chi connectivity index (χ4v) is 4.61. The molecule has 0 radical (unpaired) electrons. The summed E-state index contributed by atoms with van der Waals surface area (Å²) in [4.78, 5) is 21.3. The highest BCUT2D eigenvalue weighted by molar-refractivity contribution is 7.13. The zero-order chi connectivity index (χ0) is 27.6. The number of imidazole rings is 1. The van der Waals surface area contributed by atoms with Gasteiger partial charge in [-0.25, -0.2) is 4.98 Å². The van der Waals surface area contributed by atoms with Crippen LogP contribution in [-0.2, 0) is 7.05 Å². The molecule has 0 saturated carbocycles. The molecule has 0 bridgehead atoms. The Morgan fingerprint density at radius 1 is 1.08 bits per heavy atom. The number of fused-ring (bicyclic) bond motifs is 1. The van der Waals surface area contributed by atoms with Crippen molar-refractivity contribution in [2.24, 2.45) is 7.05 Å². The number of nitrogens with zero attached hydrogens (tertiary/aromatic N) is 3. The van der Waals surface area contributed by atoms with Crippen LogP contribution in [0.1, 0.15) is 10.5 Å². The number of carbonyl (C=O) groups is 1. The fourth-order valence-electron chi connectivity index (χ4n) is 3.86. The van der Waals surface area contributed by atoms with Gasteiger partial charge in [0.2, 0.25) is 5.95 Å². The lowest BCUT2D eigenvalue weighted by Crippen LogP contribution is -2.19. The van der Waals surface area contributed by atoms with Gasteiger partial charge in [0, 0.05) is 48.6 Å². The molecule has 5 aromatic rings. The first-order valence-electron chi connectivity index (χ1n) is 11.7. The molecule has 3 aromatic heterocycles. The summed E-state index contributed by atoms with van der Waals surface area (Å²) in [5.74, 6) is 1.31. The molecule has 8 nitrogen and oxygen atoms in total. The molecule has 5 rings (SSSR count). The van der Waals surface area contributed by atoms with Gasteiger partial charge in [-0.1, -0.05) is 6.07 Å². The van der Waals surface area contributed by atoms with Crippen molar-refractivity contribution in [3.8, 4) is 27.7 Å². The van der Waals surface area contributed by atoms with Crippen LogP contribution < -0.4 is 20.1 Å². The number of thiophene rings is 1. The van der Waals surface area contributed by atoms with E-state index in [1.807, 2.05) is 35.2 Å².